The molecule has 5 nitrogen and oxygen atoms in total. The molecule has 1 aliphatic heterocycles. The summed E-state index contributed by atoms with van der Waals surface area (Å²) < 4.78 is 13.1. The maximum atomic E-state index is 5.64. The topological polar surface area (TPSA) is 48.3 Å². The maximum Gasteiger partial charge on any atom is 0.0933 e. The summed E-state index contributed by atoms with van der Waals surface area (Å²) in [6.45, 7) is 12.3. The molecule has 2 heterocycles. The van der Waals surface area contributed by atoms with Crippen LogP contribution in [0.3, 0.4) is 0 Å². The van der Waals surface area contributed by atoms with Gasteiger partial charge in [-0.15, -0.1) is 0 Å². The number of nitrogens with one attached hydrogen (secondary N) is 1. The second kappa shape index (κ2) is 6.50. The van der Waals surface area contributed by atoms with Crippen LogP contribution in [0.5, 0.6) is 0 Å². The summed E-state index contributed by atoms with van der Waals surface area (Å²) >= 11 is 0. The van der Waals surface area contributed by atoms with Crippen molar-refractivity contribution in [2.75, 3.05) is 26.4 Å². The van der Waals surface area contributed by atoms with Crippen LogP contribution in [0.2, 0.25) is 0 Å². The van der Waals surface area contributed by atoms with Gasteiger partial charge in [-0.05, 0) is 27.7 Å². The molecule has 0 saturated carbocycles. The van der Waals surface area contributed by atoms with E-state index in [0.29, 0.717) is 19.8 Å². The Bertz CT molecular complexity index is 411. The largest absolute Gasteiger partial charge is 0.376 e. The average molecular weight is 267 g/mol. The second-order valence-electron chi connectivity index (χ2n) is 5.10. The normalized spacial score (nSPS) is 21.6. The van der Waals surface area contributed by atoms with Crippen molar-refractivity contribution in [1.82, 2.24) is 15.1 Å². The molecule has 1 fully saturated rings. The minimum Gasteiger partial charge on any atom is -0.376 e. The quantitative estimate of drug-likeness (QED) is 0.880. The summed E-state index contributed by atoms with van der Waals surface area (Å²) in [5.74, 6) is 0. The van der Waals surface area contributed by atoms with Gasteiger partial charge < -0.3 is 14.8 Å². The molecule has 2 atom stereocenters. The molecule has 1 aromatic heterocycles. The van der Waals surface area contributed by atoms with Crippen molar-refractivity contribution in [3.05, 3.63) is 17.0 Å². The van der Waals surface area contributed by atoms with Crippen LogP contribution in [0.4, 0.5) is 0 Å². The maximum absolute atomic E-state index is 5.64. The molecule has 2 rings (SSSR count). The zero-order valence-corrected chi connectivity index (χ0v) is 12.4. The first-order valence-electron chi connectivity index (χ1n) is 7.10. The Balaban J connectivity index is 1.95. The fourth-order valence-corrected chi connectivity index (χ4v) is 2.71. The molecule has 0 radical (unpaired) electrons. The zero-order chi connectivity index (χ0) is 13.8. The van der Waals surface area contributed by atoms with Gasteiger partial charge in [0.1, 0.15) is 0 Å². The number of hydrogen-bond donors (Lipinski definition) is 1. The van der Waals surface area contributed by atoms with Gasteiger partial charge in [-0.1, -0.05) is 0 Å². The molecule has 0 amide bonds. The van der Waals surface area contributed by atoms with Crippen molar-refractivity contribution in [1.29, 1.82) is 0 Å². The highest BCUT2D eigenvalue weighted by Gasteiger charge is 2.19. The zero-order valence-electron chi connectivity index (χ0n) is 12.4. The van der Waals surface area contributed by atoms with Gasteiger partial charge in [-0.3, -0.25) is 4.68 Å². The fourth-order valence-electron chi connectivity index (χ4n) is 2.71. The number of ether oxygens (including phenoxy) is 2. The van der Waals surface area contributed by atoms with E-state index in [0.717, 1.165) is 18.8 Å². The van der Waals surface area contributed by atoms with Crippen LogP contribution in [0.25, 0.3) is 0 Å². The Kier molecular flexibility index (Phi) is 4.96. The summed E-state index contributed by atoms with van der Waals surface area (Å²) in [5.41, 5.74) is 3.67. The van der Waals surface area contributed by atoms with Gasteiger partial charge in [0, 0.05) is 30.4 Å². The van der Waals surface area contributed by atoms with E-state index in [2.05, 4.69) is 42.8 Å². The molecule has 0 aromatic carbocycles. The molecular formula is C14H25N3O2. The van der Waals surface area contributed by atoms with Crippen LogP contribution in [-0.4, -0.2) is 42.2 Å². The molecule has 0 aliphatic carbocycles. The lowest BCUT2D eigenvalue weighted by atomic mass is 10.1. The predicted molar refractivity (Wildman–Crippen MR) is 74.4 cm³/mol. The van der Waals surface area contributed by atoms with Crippen molar-refractivity contribution in [2.24, 2.45) is 0 Å². The molecular weight excluding hydrogens is 242 g/mol. The molecule has 1 N–H and O–H groups in total. The molecule has 1 aliphatic rings. The summed E-state index contributed by atoms with van der Waals surface area (Å²) in [4.78, 5) is 0. The van der Waals surface area contributed by atoms with Crippen molar-refractivity contribution < 1.29 is 9.47 Å². The average Bonchev–Trinajstić information content (AvgIpc) is 2.72. The first-order valence-corrected chi connectivity index (χ1v) is 7.10. The first kappa shape index (κ1) is 14.5. The molecule has 1 aromatic rings. The lowest BCUT2D eigenvalue weighted by Gasteiger charge is -2.25. The van der Waals surface area contributed by atoms with Crippen molar-refractivity contribution in [2.45, 2.75) is 46.4 Å². The Hall–Kier alpha value is -0.910. The minimum atomic E-state index is 0.165. The standard InChI is InChI=1S/C14H25N3O2/c1-5-17-12(4)14(11(3)16-17)10(2)15-8-13-9-18-6-7-19-13/h10,13,15H,5-9H2,1-4H3. The third-order valence-electron chi connectivity index (χ3n) is 3.71. The van der Waals surface area contributed by atoms with Crippen molar-refractivity contribution in [3.63, 3.8) is 0 Å². The highest BCUT2D eigenvalue weighted by atomic mass is 16.6. The Morgan fingerprint density at radius 1 is 1.42 bits per heavy atom. The van der Waals surface area contributed by atoms with E-state index in [1.54, 1.807) is 0 Å². The fraction of sp³-hybridized carbons (Fsp3) is 0.786. The lowest BCUT2D eigenvalue weighted by Crippen LogP contribution is -2.38. The smallest absolute Gasteiger partial charge is 0.0933 e. The highest BCUT2D eigenvalue weighted by molar-refractivity contribution is 5.27. The Morgan fingerprint density at radius 2 is 2.21 bits per heavy atom. The number of rotatable bonds is 5. The van der Waals surface area contributed by atoms with Crippen LogP contribution < -0.4 is 5.32 Å². The number of aryl methyl sites for hydroxylation is 2. The third kappa shape index (κ3) is 3.35. The molecule has 19 heavy (non-hydrogen) atoms. The van der Waals surface area contributed by atoms with Gasteiger partial charge in [0.2, 0.25) is 0 Å². The van der Waals surface area contributed by atoms with Crippen LogP contribution in [-0.2, 0) is 16.0 Å². The van der Waals surface area contributed by atoms with Crippen molar-refractivity contribution in [3.8, 4) is 0 Å². The van der Waals surface area contributed by atoms with Crippen LogP contribution in [0.15, 0.2) is 0 Å². The third-order valence-corrected chi connectivity index (χ3v) is 3.71. The number of hydrogen-bond acceptors (Lipinski definition) is 4. The van der Waals surface area contributed by atoms with E-state index in [-0.39, 0.29) is 12.1 Å². The number of nitrogens with zero attached hydrogens (tertiary/aromatic N) is 2. The summed E-state index contributed by atoms with van der Waals surface area (Å²) in [6, 6.07) is 0.283. The van der Waals surface area contributed by atoms with Crippen LogP contribution in [0, 0.1) is 13.8 Å². The van der Waals surface area contributed by atoms with E-state index < -0.39 is 0 Å². The van der Waals surface area contributed by atoms with E-state index in [1.807, 2.05) is 0 Å². The van der Waals surface area contributed by atoms with E-state index in [9.17, 15) is 0 Å². The van der Waals surface area contributed by atoms with Crippen molar-refractivity contribution >= 4 is 0 Å². The van der Waals surface area contributed by atoms with Gasteiger partial charge in [0.05, 0.1) is 31.6 Å². The second-order valence-corrected chi connectivity index (χ2v) is 5.10. The SMILES string of the molecule is CCn1nc(C)c(C(C)NCC2COCCO2)c1C. The van der Waals surface area contributed by atoms with Gasteiger partial charge in [-0.25, -0.2) is 0 Å². The van der Waals surface area contributed by atoms with E-state index >= 15 is 0 Å². The molecule has 0 bridgehead atoms. The Morgan fingerprint density at radius 3 is 2.79 bits per heavy atom. The predicted octanol–water partition coefficient (Wildman–Crippen LogP) is 1.59. The minimum absolute atomic E-state index is 0.165. The molecule has 2 unspecified atom stereocenters. The molecule has 0 spiro atoms. The summed E-state index contributed by atoms with van der Waals surface area (Å²) in [6.07, 6.45) is 0.165. The van der Waals surface area contributed by atoms with Gasteiger partial charge in [0.25, 0.3) is 0 Å². The van der Waals surface area contributed by atoms with Gasteiger partial charge in [0.15, 0.2) is 0 Å². The first-order chi connectivity index (χ1) is 9.13. The summed E-state index contributed by atoms with van der Waals surface area (Å²) in [7, 11) is 0. The van der Waals surface area contributed by atoms with E-state index in [4.69, 9.17) is 9.47 Å². The molecule has 5 heteroatoms. The van der Waals surface area contributed by atoms with E-state index in [1.165, 1.54) is 11.3 Å². The van der Waals surface area contributed by atoms with Crippen LogP contribution in [0.1, 0.15) is 36.8 Å². The molecule has 108 valence electrons. The Labute approximate surface area is 115 Å². The van der Waals surface area contributed by atoms with Gasteiger partial charge >= 0.3 is 0 Å². The lowest BCUT2D eigenvalue weighted by molar-refractivity contribution is -0.0869. The molecule has 1 saturated heterocycles. The van der Waals surface area contributed by atoms with Crippen LogP contribution >= 0.6 is 0 Å². The monoisotopic (exact) mass is 267 g/mol. The highest BCUT2D eigenvalue weighted by Crippen LogP contribution is 2.21. The number of aromatic nitrogens is 2. The summed E-state index contributed by atoms with van der Waals surface area (Å²) in [5, 5.41) is 8.09. The van der Waals surface area contributed by atoms with Gasteiger partial charge in [-0.2, -0.15) is 5.10 Å².